The molecule has 0 amide bonds. The zero-order valence-electron chi connectivity index (χ0n) is 6.45. The number of ketones is 1. The minimum atomic E-state index is -0.277. The molecule has 0 aromatic rings. The predicted octanol–water partition coefficient (Wildman–Crippen LogP) is 0.248. The van der Waals surface area contributed by atoms with E-state index in [2.05, 4.69) is 6.58 Å². The molecule has 62 valence electrons. The molecule has 1 aliphatic heterocycles. The fourth-order valence-electron chi connectivity index (χ4n) is 1.22. The summed E-state index contributed by atoms with van der Waals surface area (Å²) in [6.07, 6.45) is 2.78. The molecule has 2 unspecified atom stereocenters. The third kappa shape index (κ3) is 1.88. The van der Waals surface area contributed by atoms with Crippen LogP contribution in [0.3, 0.4) is 0 Å². The topological polar surface area (TPSA) is 52.3 Å². The van der Waals surface area contributed by atoms with Gasteiger partial charge in [-0.1, -0.05) is 6.58 Å². The third-order valence-corrected chi connectivity index (χ3v) is 1.89. The second-order valence-corrected chi connectivity index (χ2v) is 2.67. The molecule has 0 aliphatic carbocycles. The first-order chi connectivity index (χ1) is 5.27. The number of carbonyl (C=O) groups excluding carboxylic acids is 1. The molecule has 3 heteroatoms. The molecule has 0 aromatic carbocycles. The van der Waals surface area contributed by atoms with Gasteiger partial charge in [0, 0.05) is 6.54 Å². The third-order valence-electron chi connectivity index (χ3n) is 1.89. The smallest absolute Gasteiger partial charge is 0.183 e. The van der Waals surface area contributed by atoms with Crippen LogP contribution in [0.15, 0.2) is 12.7 Å². The van der Waals surface area contributed by atoms with Crippen LogP contribution in [0.1, 0.15) is 12.8 Å². The van der Waals surface area contributed by atoms with Crippen LogP contribution in [0, 0.1) is 0 Å². The summed E-state index contributed by atoms with van der Waals surface area (Å²) in [6, 6.07) is 0. The van der Waals surface area contributed by atoms with Gasteiger partial charge >= 0.3 is 0 Å². The first kappa shape index (κ1) is 8.43. The molecule has 0 spiro atoms. The zero-order valence-corrected chi connectivity index (χ0v) is 6.45. The number of hydrogen-bond acceptors (Lipinski definition) is 3. The molecule has 0 aromatic heterocycles. The highest BCUT2D eigenvalue weighted by Crippen LogP contribution is 2.19. The van der Waals surface area contributed by atoms with Crippen molar-refractivity contribution < 1.29 is 9.53 Å². The molecule has 1 heterocycles. The Morgan fingerprint density at radius 3 is 2.91 bits per heavy atom. The highest BCUT2D eigenvalue weighted by Gasteiger charge is 2.27. The van der Waals surface area contributed by atoms with E-state index in [0.29, 0.717) is 6.54 Å². The van der Waals surface area contributed by atoms with Crippen molar-refractivity contribution in [3.05, 3.63) is 12.7 Å². The predicted molar refractivity (Wildman–Crippen MR) is 42.2 cm³/mol. The molecule has 2 N–H and O–H groups in total. The maximum absolute atomic E-state index is 11.0. The van der Waals surface area contributed by atoms with Gasteiger partial charge in [0.05, 0.1) is 6.10 Å². The van der Waals surface area contributed by atoms with E-state index in [1.165, 1.54) is 6.08 Å². The molecule has 1 saturated heterocycles. The van der Waals surface area contributed by atoms with Gasteiger partial charge in [0.2, 0.25) is 0 Å². The van der Waals surface area contributed by atoms with E-state index in [9.17, 15) is 4.79 Å². The quantitative estimate of drug-likeness (QED) is 0.594. The normalized spacial score (nSPS) is 30.3. The highest BCUT2D eigenvalue weighted by molar-refractivity contribution is 5.93. The fraction of sp³-hybridized carbons (Fsp3) is 0.625. The second-order valence-electron chi connectivity index (χ2n) is 2.67. The lowest BCUT2D eigenvalue weighted by Crippen LogP contribution is -2.23. The number of rotatable bonds is 3. The van der Waals surface area contributed by atoms with E-state index in [1.807, 2.05) is 0 Å². The SMILES string of the molecule is C=CC(=O)C1CCC(CN)O1. The van der Waals surface area contributed by atoms with Gasteiger partial charge in [-0.15, -0.1) is 0 Å². The molecule has 11 heavy (non-hydrogen) atoms. The summed E-state index contributed by atoms with van der Waals surface area (Å²) in [5, 5.41) is 0. The largest absolute Gasteiger partial charge is 0.366 e. The summed E-state index contributed by atoms with van der Waals surface area (Å²) < 4.78 is 5.32. The summed E-state index contributed by atoms with van der Waals surface area (Å²) in [4.78, 5) is 11.0. The maximum atomic E-state index is 11.0. The molecular formula is C8H13NO2. The van der Waals surface area contributed by atoms with E-state index in [0.717, 1.165) is 12.8 Å². The highest BCUT2D eigenvalue weighted by atomic mass is 16.5. The van der Waals surface area contributed by atoms with Crippen LogP contribution in [-0.2, 0) is 9.53 Å². The van der Waals surface area contributed by atoms with E-state index < -0.39 is 0 Å². The van der Waals surface area contributed by atoms with E-state index in [4.69, 9.17) is 10.5 Å². The van der Waals surface area contributed by atoms with Crippen molar-refractivity contribution in [1.82, 2.24) is 0 Å². The van der Waals surface area contributed by atoms with Crippen LogP contribution in [0.5, 0.6) is 0 Å². The molecule has 2 atom stereocenters. The minimum absolute atomic E-state index is 0.0269. The van der Waals surface area contributed by atoms with E-state index in [-0.39, 0.29) is 18.0 Å². The molecule has 1 rings (SSSR count). The van der Waals surface area contributed by atoms with Crippen LogP contribution in [-0.4, -0.2) is 24.5 Å². The lowest BCUT2D eigenvalue weighted by atomic mass is 10.1. The van der Waals surface area contributed by atoms with Crippen molar-refractivity contribution in [2.45, 2.75) is 25.0 Å². The zero-order chi connectivity index (χ0) is 8.27. The Balaban J connectivity index is 2.41. The average molecular weight is 155 g/mol. The first-order valence-corrected chi connectivity index (χ1v) is 3.79. The van der Waals surface area contributed by atoms with E-state index in [1.54, 1.807) is 0 Å². The Bertz CT molecular complexity index is 167. The molecule has 0 radical (unpaired) electrons. The van der Waals surface area contributed by atoms with Crippen molar-refractivity contribution in [1.29, 1.82) is 0 Å². The van der Waals surface area contributed by atoms with Crippen LogP contribution in [0.4, 0.5) is 0 Å². The number of hydrogen-bond donors (Lipinski definition) is 1. The Morgan fingerprint density at radius 2 is 2.45 bits per heavy atom. The summed E-state index contributed by atoms with van der Waals surface area (Å²) in [5.41, 5.74) is 5.38. The van der Waals surface area contributed by atoms with Gasteiger partial charge in [0.25, 0.3) is 0 Å². The molecule has 1 fully saturated rings. The summed E-state index contributed by atoms with van der Waals surface area (Å²) in [7, 11) is 0. The molecule has 0 saturated carbocycles. The number of ether oxygens (including phenoxy) is 1. The Morgan fingerprint density at radius 1 is 1.73 bits per heavy atom. The van der Waals surface area contributed by atoms with Crippen molar-refractivity contribution >= 4 is 5.78 Å². The number of nitrogens with two attached hydrogens (primary N) is 1. The van der Waals surface area contributed by atoms with Gasteiger partial charge in [-0.05, 0) is 18.9 Å². The Hall–Kier alpha value is -0.670. The maximum Gasteiger partial charge on any atom is 0.183 e. The van der Waals surface area contributed by atoms with Gasteiger partial charge in [0.1, 0.15) is 6.10 Å². The van der Waals surface area contributed by atoms with Crippen molar-refractivity contribution in [2.75, 3.05) is 6.54 Å². The van der Waals surface area contributed by atoms with Crippen molar-refractivity contribution in [2.24, 2.45) is 5.73 Å². The van der Waals surface area contributed by atoms with Crippen LogP contribution in [0.25, 0.3) is 0 Å². The first-order valence-electron chi connectivity index (χ1n) is 3.79. The van der Waals surface area contributed by atoms with Crippen molar-refractivity contribution in [3.63, 3.8) is 0 Å². The van der Waals surface area contributed by atoms with Gasteiger partial charge in [-0.25, -0.2) is 0 Å². The Kier molecular flexibility index (Phi) is 2.79. The summed E-state index contributed by atoms with van der Waals surface area (Å²) in [5.74, 6) is -0.0269. The monoisotopic (exact) mass is 155 g/mol. The molecule has 1 aliphatic rings. The summed E-state index contributed by atoms with van der Waals surface area (Å²) >= 11 is 0. The van der Waals surface area contributed by atoms with Crippen LogP contribution in [0.2, 0.25) is 0 Å². The molecular weight excluding hydrogens is 142 g/mol. The average Bonchev–Trinajstić information content (AvgIpc) is 2.50. The molecule has 0 bridgehead atoms. The fourth-order valence-corrected chi connectivity index (χ4v) is 1.22. The van der Waals surface area contributed by atoms with E-state index >= 15 is 0 Å². The standard InChI is InChI=1S/C8H13NO2/c1-2-7(10)8-4-3-6(5-9)11-8/h2,6,8H,1,3-5,9H2. The Labute approximate surface area is 66.2 Å². The van der Waals surface area contributed by atoms with Crippen LogP contribution >= 0.6 is 0 Å². The van der Waals surface area contributed by atoms with Crippen LogP contribution < -0.4 is 5.73 Å². The van der Waals surface area contributed by atoms with Gasteiger partial charge in [-0.3, -0.25) is 4.79 Å². The van der Waals surface area contributed by atoms with Crippen molar-refractivity contribution in [3.8, 4) is 0 Å². The molecule has 3 nitrogen and oxygen atoms in total. The second kappa shape index (κ2) is 3.64. The summed E-state index contributed by atoms with van der Waals surface area (Å²) in [6.45, 7) is 3.90. The lowest BCUT2D eigenvalue weighted by Gasteiger charge is -2.08. The van der Waals surface area contributed by atoms with Gasteiger partial charge < -0.3 is 10.5 Å². The lowest BCUT2D eigenvalue weighted by molar-refractivity contribution is -0.124. The van der Waals surface area contributed by atoms with Gasteiger partial charge in [-0.2, -0.15) is 0 Å². The van der Waals surface area contributed by atoms with Gasteiger partial charge in [0.15, 0.2) is 5.78 Å². The minimum Gasteiger partial charge on any atom is -0.366 e. The number of carbonyl (C=O) groups is 1.